The van der Waals surface area contributed by atoms with Gasteiger partial charge in [0, 0.05) is 11.7 Å². The smallest absolute Gasteiger partial charge is 0.255 e. The molecule has 0 aliphatic heterocycles. The van der Waals surface area contributed by atoms with E-state index in [0.29, 0.717) is 17.0 Å². The number of carbonyl (C=O) groups excluding carboxylic acids is 1. The molecule has 19 heavy (non-hydrogen) atoms. The standard InChI is InChI=1S/C15H22N2O2/c1-15(2)8-4-5-13(15)17-14(18)11-9-10(16)6-7-12(11)19-3/h6-7,9,13H,4-5,8,16H2,1-3H3,(H,17,18). The lowest BCUT2D eigenvalue weighted by Gasteiger charge is -2.28. The van der Waals surface area contributed by atoms with Crippen LogP contribution in [0.5, 0.6) is 5.75 Å². The normalized spacial score (nSPS) is 21.1. The average molecular weight is 262 g/mol. The van der Waals surface area contributed by atoms with Crippen LogP contribution in [-0.2, 0) is 0 Å². The molecule has 0 aromatic heterocycles. The van der Waals surface area contributed by atoms with E-state index >= 15 is 0 Å². The predicted octanol–water partition coefficient (Wildman–Crippen LogP) is 2.59. The monoisotopic (exact) mass is 262 g/mol. The molecule has 1 aliphatic rings. The summed E-state index contributed by atoms with van der Waals surface area (Å²) >= 11 is 0. The van der Waals surface area contributed by atoms with Gasteiger partial charge in [0.25, 0.3) is 5.91 Å². The van der Waals surface area contributed by atoms with Crippen molar-refractivity contribution < 1.29 is 9.53 Å². The Labute approximate surface area is 114 Å². The molecule has 0 heterocycles. The van der Waals surface area contributed by atoms with Crippen LogP contribution >= 0.6 is 0 Å². The molecule has 0 saturated heterocycles. The molecule has 2 rings (SSSR count). The number of nitrogen functional groups attached to an aromatic ring is 1. The number of hydrogen-bond acceptors (Lipinski definition) is 3. The Bertz CT molecular complexity index is 483. The Balaban J connectivity index is 2.18. The number of nitrogens with two attached hydrogens (primary N) is 1. The Kier molecular flexibility index (Phi) is 3.69. The highest BCUT2D eigenvalue weighted by molar-refractivity contribution is 5.98. The fourth-order valence-corrected chi connectivity index (χ4v) is 2.73. The van der Waals surface area contributed by atoms with Crippen molar-refractivity contribution in [2.24, 2.45) is 5.41 Å². The molecular weight excluding hydrogens is 240 g/mol. The van der Waals surface area contributed by atoms with E-state index in [9.17, 15) is 4.79 Å². The van der Waals surface area contributed by atoms with Crippen LogP contribution in [0.25, 0.3) is 0 Å². The van der Waals surface area contributed by atoms with Gasteiger partial charge in [-0.15, -0.1) is 0 Å². The van der Waals surface area contributed by atoms with Crippen LogP contribution in [0.1, 0.15) is 43.5 Å². The highest BCUT2D eigenvalue weighted by Gasteiger charge is 2.35. The van der Waals surface area contributed by atoms with Crippen molar-refractivity contribution >= 4 is 11.6 Å². The van der Waals surface area contributed by atoms with Crippen LogP contribution in [0, 0.1) is 5.41 Å². The average Bonchev–Trinajstić information content (AvgIpc) is 2.68. The van der Waals surface area contributed by atoms with E-state index in [4.69, 9.17) is 10.5 Å². The van der Waals surface area contributed by atoms with Crippen molar-refractivity contribution in [2.75, 3.05) is 12.8 Å². The molecule has 0 bridgehead atoms. The van der Waals surface area contributed by atoms with Crippen molar-refractivity contribution in [1.29, 1.82) is 0 Å². The second-order valence-corrected chi connectivity index (χ2v) is 5.87. The number of amides is 1. The minimum Gasteiger partial charge on any atom is -0.496 e. The molecule has 4 heteroatoms. The Morgan fingerprint density at radius 1 is 1.47 bits per heavy atom. The molecule has 1 saturated carbocycles. The van der Waals surface area contributed by atoms with Crippen molar-refractivity contribution in [1.82, 2.24) is 5.32 Å². The number of hydrogen-bond donors (Lipinski definition) is 2. The molecule has 1 aliphatic carbocycles. The summed E-state index contributed by atoms with van der Waals surface area (Å²) in [4.78, 5) is 12.4. The summed E-state index contributed by atoms with van der Waals surface area (Å²) in [6.07, 6.45) is 3.33. The second-order valence-electron chi connectivity index (χ2n) is 5.87. The van der Waals surface area contributed by atoms with Gasteiger partial charge in [0.05, 0.1) is 12.7 Å². The molecule has 1 atom stereocenters. The molecule has 1 aromatic carbocycles. The number of anilines is 1. The van der Waals surface area contributed by atoms with E-state index in [-0.39, 0.29) is 17.4 Å². The zero-order valence-corrected chi connectivity index (χ0v) is 11.8. The highest BCUT2D eigenvalue weighted by atomic mass is 16.5. The Hall–Kier alpha value is -1.71. The van der Waals surface area contributed by atoms with Crippen molar-refractivity contribution in [2.45, 2.75) is 39.2 Å². The third kappa shape index (κ3) is 2.83. The maximum Gasteiger partial charge on any atom is 0.255 e. The molecule has 4 nitrogen and oxygen atoms in total. The van der Waals surface area contributed by atoms with Crippen molar-refractivity contribution in [3.05, 3.63) is 23.8 Å². The first kappa shape index (κ1) is 13.7. The molecule has 3 N–H and O–H groups in total. The Morgan fingerprint density at radius 3 is 2.79 bits per heavy atom. The first-order valence-electron chi connectivity index (χ1n) is 6.68. The van der Waals surface area contributed by atoms with E-state index < -0.39 is 0 Å². The van der Waals surface area contributed by atoms with Crippen molar-refractivity contribution in [3.63, 3.8) is 0 Å². The highest BCUT2D eigenvalue weighted by Crippen LogP contribution is 2.37. The molecule has 0 spiro atoms. The minimum absolute atomic E-state index is 0.107. The van der Waals surface area contributed by atoms with Gasteiger partial charge >= 0.3 is 0 Å². The van der Waals surface area contributed by atoms with Crippen LogP contribution < -0.4 is 15.8 Å². The maximum atomic E-state index is 12.4. The minimum atomic E-state index is -0.107. The summed E-state index contributed by atoms with van der Waals surface area (Å²) in [6.45, 7) is 4.39. The molecule has 0 radical (unpaired) electrons. The van der Waals surface area contributed by atoms with Gasteiger partial charge in [-0.1, -0.05) is 20.3 Å². The van der Waals surface area contributed by atoms with Gasteiger partial charge in [-0.05, 0) is 36.5 Å². The number of nitrogens with one attached hydrogen (secondary N) is 1. The van der Waals surface area contributed by atoms with Crippen LogP contribution in [0.2, 0.25) is 0 Å². The summed E-state index contributed by atoms with van der Waals surface area (Å²) in [7, 11) is 1.56. The summed E-state index contributed by atoms with van der Waals surface area (Å²) in [5, 5.41) is 3.11. The van der Waals surface area contributed by atoms with E-state index in [1.165, 1.54) is 0 Å². The number of benzene rings is 1. The number of carbonyl (C=O) groups is 1. The van der Waals surface area contributed by atoms with Crippen LogP contribution in [0.15, 0.2) is 18.2 Å². The van der Waals surface area contributed by atoms with Gasteiger partial charge in [-0.25, -0.2) is 0 Å². The number of rotatable bonds is 3. The molecule has 1 aromatic rings. The first-order chi connectivity index (χ1) is 8.94. The predicted molar refractivity (Wildman–Crippen MR) is 76.3 cm³/mol. The van der Waals surface area contributed by atoms with Crippen LogP contribution in [-0.4, -0.2) is 19.1 Å². The quantitative estimate of drug-likeness (QED) is 0.823. The number of methoxy groups -OCH3 is 1. The van der Waals surface area contributed by atoms with Gasteiger partial charge in [-0.3, -0.25) is 4.79 Å². The zero-order chi connectivity index (χ0) is 14.0. The lowest BCUT2D eigenvalue weighted by Crippen LogP contribution is -2.41. The third-order valence-electron chi connectivity index (χ3n) is 4.03. The molecule has 1 fully saturated rings. The van der Waals surface area contributed by atoms with Gasteiger partial charge in [-0.2, -0.15) is 0 Å². The lowest BCUT2D eigenvalue weighted by atomic mass is 9.87. The molecular formula is C15H22N2O2. The van der Waals surface area contributed by atoms with Gasteiger partial charge in [0.1, 0.15) is 5.75 Å². The van der Waals surface area contributed by atoms with E-state index in [1.807, 2.05) is 0 Å². The SMILES string of the molecule is COc1ccc(N)cc1C(=O)NC1CCCC1(C)C. The van der Waals surface area contributed by atoms with E-state index in [2.05, 4.69) is 19.2 Å². The number of ether oxygens (including phenoxy) is 1. The topological polar surface area (TPSA) is 64.3 Å². The second kappa shape index (κ2) is 5.11. The fraction of sp³-hybridized carbons (Fsp3) is 0.533. The summed E-state index contributed by atoms with van der Waals surface area (Å²) in [6, 6.07) is 5.33. The third-order valence-corrected chi connectivity index (χ3v) is 4.03. The van der Waals surface area contributed by atoms with Gasteiger partial charge < -0.3 is 15.8 Å². The molecule has 1 amide bonds. The van der Waals surface area contributed by atoms with Crippen LogP contribution in [0.4, 0.5) is 5.69 Å². The maximum absolute atomic E-state index is 12.4. The largest absolute Gasteiger partial charge is 0.496 e. The molecule has 1 unspecified atom stereocenters. The zero-order valence-electron chi connectivity index (χ0n) is 11.8. The van der Waals surface area contributed by atoms with Gasteiger partial charge in [0.2, 0.25) is 0 Å². The Morgan fingerprint density at radius 2 is 2.21 bits per heavy atom. The van der Waals surface area contributed by atoms with Gasteiger partial charge in [0.15, 0.2) is 0 Å². The summed E-state index contributed by atoms with van der Waals surface area (Å²) in [5.41, 5.74) is 6.97. The van der Waals surface area contributed by atoms with Crippen LogP contribution in [0.3, 0.4) is 0 Å². The van der Waals surface area contributed by atoms with E-state index in [1.54, 1.807) is 25.3 Å². The fourth-order valence-electron chi connectivity index (χ4n) is 2.73. The van der Waals surface area contributed by atoms with E-state index in [0.717, 1.165) is 19.3 Å². The lowest BCUT2D eigenvalue weighted by molar-refractivity contribution is 0.0907. The summed E-state index contributed by atoms with van der Waals surface area (Å²) in [5.74, 6) is 0.451. The molecule has 104 valence electrons. The van der Waals surface area contributed by atoms with Crippen molar-refractivity contribution in [3.8, 4) is 5.75 Å². The summed E-state index contributed by atoms with van der Waals surface area (Å²) < 4.78 is 5.22. The first-order valence-corrected chi connectivity index (χ1v) is 6.68.